The highest BCUT2D eigenvalue weighted by Gasteiger charge is 2.26. The second-order valence-electron chi connectivity index (χ2n) is 3.69. The zero-order chi connectivity index (χ0) is 9.26. The number of rotatable bonds is 2. The average Bonchev–Trinajstić information content (AvgIpc) is 2.63. The van der Waals surface area contributed by atoms with Crippen LogP contribution in [0.1, 0.15) is 18.2 Å². The maximum absolute atomic E-state index is 3.68. The third-order valence-electron chi connectivity index (χ3n) is 2.59. The van der Waals surface area contributed by atoms with Gasteiger partial charge in [-0.2, -0.15) is 0 Å². The van der Waals surface area contributed by atoms with Crippen LogP contribution < -0.4 is 0 Å². The van der Waals surface area contributed by atoms with Crippen molar-refractivity contribution in [2.24, 2.45) is 0 Å². The normalized spacial score (nSPS) is 29.7. The average molecular weight is 260 g/mol. The first kappa shape index (κ1) is 9.69. The minimum atomic E-state index is 0.697. The molecule has 13 heavy (non-hydrogen) atoms. The lowest BCUT2D eigenvalue weighted by atomic mass is 10.2. The van der Waals surface area contributed by atoms with Crippen molar-refractivity contribution in [3.8, 4) is 0 Å². The Hall–Kier alpha value is 0.140. The summed E-state index contributed by atoms with van der Waals surface area (Å²) in [6.45, 7) is 4.63. The number of likely N-dealkylation sites (tertiary alicyclic amines) is 1. The Morgan fingerprint density at radius 1 is 1.69 bits per heavy atom. The maximum atomic E-state index is 3.68. The van der Waals surface area contributed by atoms with Crippen molar-refractivity contribution >= 4 is 27.3 Å². The molecule has 1 aromatic heterocycles. The van der Waals surface area contributed by atoms with Gasteiger partial charge in [0.1, 0.15) is 0 Å². The summed E-state index contributed by atoms with van der Waals surface area (Å²) in [5.74, 6) is 0. The number of thiophene rings is 1. The fourth-order valence-electron chi connectivity index (χ4n) is 1.85. The van der Waals surface area contributed by atoms with Crippen LogP contribution in [-0.4, -0.2) is 22.3 Å². The molecule has 0 saturated carbocycles. The highest BCUT2D eigenvalue weighted by Crippen LogP contribution is 2.25. The molecule has 72 valence electrons. The summed E-state index contributed by atoms with van der Waals surface area (Å²) < 4.78 is 0. The highest BCUT2D eigenvalue weighted by atomic mass is 79.9. The van der Waals surface area contributed by atoms with Crippen molar-refractivity contribution in [2.75, 3.05) is 6.54 Å². The molecular weight excluding hydrogens is 246 g/mol. The number of nitrogens with zero attached hydrogens (tertiary/aromatic N) is 1. The lowest BCUT2D eigenvalue weighted by Gasteiger charge is -2.19. The van der Waals surface area contributed by atoms with Gasteiger partial charge in [0, 0.05) is 28.8 Å². The standard InChI is InChI=1S/C10H14BrNS/c1-8-5-9(11)6-12(8)7-10-3-2-4-13-10/h2-4,8-9H,5-7H2,1H3. The number of hydrogen-bond acceptors (Lipinski definition) is 2. The van der Waals surface area contributed by atoms with E-state index in [0.29, 0.717) is 4.83 Å². The molecule has 1 aliphatic heterocycles. The predicted octanol–water partition coefficient (Wildman–Crippen LogP) is 3.11. The molecule has 1 aliphatic rings. The van der Waals surface area contributed by atoms with E-state index in [4.69, 9.17) is 0 Å². The van der Waals surface area contributed by atoms with E-state index >= 15 is 0 Å². The lowest BCUT2D eigenvalue weighted by molar-refractivity contribution is 0.263. The van der Waals surface area contributed by atoms with Crippen LogP contribution in [0.2, 0.25) is 0 Å². The topological polar surface area (TPSA) is 3.24 Å². The summed E-state index contributed by atoms with van der Waals surface area (Å²) in [4.78, 5) is 4.72. The Labute approximate surface area is 91.9 Å². The Bertz CT molecular complexity index is 260. The minimum absolute atomic E-state index is 0.697. The summed E-state index contributed by atoms with van der Waals surface area (Å²) in [6.07, 6.45) is 1.28. The van der Waals surface area contributed by atoms with Gasteiger partial charge in [0.25, 0.3) is 0 Å². The molecule has 0 aromatic carbocycles. The molecule has 0 radical (unpaired) electrons. The van der Waals surface area contributed by atoms with Gasteiger partial charge < -0.3 is 0 Å². The van der Waals surface area contributed by atoms with Crippen molar-refractivity contribution in [1.82, 2.24) is 4.90 Å². The van der Waals surface area contributed by atoms with Gasteiger partial charge in [-0.1, -0.05) is 22.0 Å². The first-order valence-corrected chi connectivity index (χ1v) is 6.46. The van der Waals surface area contributed by atoms with E-state index in [2.05, 4.69) is 45.3 Å². The molecule has 0 N–H and O–H groups in total. The lowest BCUT2D eigenvalue weighted by Crippen LogP contribution is -2.26. The molecular formula is C10H14BrNS. The fraction of sp³-hybridized carbons (Fsp3) is 0.600. The second kappa shape index (κ2) is 4.11. The number of alkyl halides is 1. The van der Waals surface area contributed by atoms with Crippen LogP contribution in [0.25, 0.3) is 0 Å². The van der Waals surface area contributed by atoms with Gasteiger partial charge in [-0.05, 0) is 24.8 Å². The summed E-state index contributed by atoms with van der Waals surface area (Å²) in [7, 11) is 0. The zero-order valence-electron chi connectivity index (χ0n) is 7.74. The summed E-state index contributed by atoms with van der Waals surface area (Å²) in [6, 6.07) is 5.08. The van der Waals surface area contributed by atoms with Gasteiger partial charge in [-0.25, -0.2) is 0 Å². The Balaban J connectivity index is 1.95. The smallest absolute Gasteiger partial charge is 0.0331 e. The molecule has 1 aromatic rings. The minimum Gasteiger partial charge on any atom is -0.294 e. The van der Waals surface area contributed by atoms with E-state index in [1.165, 1.54) is 17.8 Å². The number of halogens is 1. The summed E-state index contributed by atoms with van der Waals surface area (Å²) >= 11 is 5.54. The summed E-state index contributed by atoms with van der Waals surface area (Å²) in [5.41, 5.74) is 0. The molecule has 2 unspecified atom stereocenters. The van der Waals surface area contributed by atoms with Crippen LogP contribution in [-0.2, 0) is 6.54 Å². The van der Waals surface area contributed by atoms with Gasteiger partial charge in [0.05, 0.1) is 0 Å². The van der Waals surface area contributed by atoms with E-state index in [-0.39, 0.29) is 0 Å². The molecule has 1 saturated heterocycles. The predicted molar refractivity (Wildman–Crippen MR) is 61.5 cm³/mol. The van der Waals surface area contributed by atoms with Gasteiger partial charge in [0.2, 0.25) is 0 Å². The fourth-order valence-corrected chi connectivity index (χ4v) is 3.49. The molecule has 2 rings (SSSR count). The van der Waals surface area contributed by atoms with E-state index in [1.54, 1.807) is 0 Å². The van der Waals surface area contributed by atoms with Crippen LogP contribution in [0.5, 0.6) is 0 Å². The van der Waals surface area contributed by atoms with Crippen LogP contribution in [0.3, 0.4) is 0 Å². The van der Waals surface area contributed by atoms with Crippen molar-refractivity contribution in [3.63, 3.8) is 0 Å². The van der Waals surface area contributed by atoms with Crippen molar-refractivity contribution in [1.29, 1.82) is 0 Å². The monoisotopic (exact) mass is 259 g/mol. The van der Waals surface area contributed by atoms with E-state index in [1.807, 2.05) is 11.3 Å². The molecule has 0 aliphatic carbocycles. The first-order chi connectivity index (χ1) is 6.25. The Morgan fingerprint density at radius 2 is 2.54 bits per heavy atom. The first-order valence-electron chi connectivity index (χ1n) is 4.66. The third kappa shape index (κ3) is 2.33. The van der Waals surface area contributed by atoms with Crippen LogP contribution >= 0.6 is 27.3 Å². The quantitative estimate of drug-likeness (QED) is 0.738. The van der Waals surface area contributed by atoms with E-state index in [0.717, 1.165) is 12.6 Å². The van der Waals surface area contributed by atoms with Gasteiger partial charge >= 0.3 is 0 Å². The van der Waals surface area contributed by atoms with Crippen molar-refractivity contribution in [2.45, 2.75) is 30.8 Å². The van der Waals surface area contributed by atoms with Crippen molar-refractivity contribution < 1.29 is 0 Å². The molecule has 1 nitrogen and oxygen atoms in total. The molecule has 2 atom stereocenters. The van der Waals surface area contributed by atoms with Gasteiger partial charge in [-0.15, -0.1) is 11.3 Å². The maximum Gasteiger partial charge on any atom is 0.0331 e. The molecule has 0 bridgehead atoms. The third-order valence-corrected chi connectivity index (χ3v) is 4.12. The SMILES string of the molecule is CC1CC(Br)CN1Cc1cccs1. The van der Waals surface area contributed by atoms with Gasteiger partial charge in [0.15, 0.2) is 0 Å². The van der Waals surface area contributed by atoms with Crippen LogP contribution in [0, 0.1) is 0 Å². The second-order valence-corrected chi connectivity index (χ2v) is 6.02. The largest absolute Gasteiger partial charge is 0.294 e. The van der Waals surface area contributed by atoms with Crippen LogP contribution in [0.15, 0.2) is 17.5 Å². The molecule has 0 spiro atoms. The zero-order valence-corrected chi connectivity index (χ0v) is 10.1. The Morgan fingerprint density at radius 3 is 3.08 bits per heavy atom. The van der Waals surface area contributed by atoms with E-state index in [9.17, 15) is 0 Å². The van der Waals surface area contributed by atoms with E-state index < -0.39 is 0 Å². The molecule has 0 amide bonds. The summed E-state index contributed by atoms with van der Waals surface area (Å²) in [5, 5.41) is 2.15. The van der Waals surface area contributed by atoms with Crippen LogP contribution in [0.4, 0.5) is 0 Å². The van der Waals surface area contributed by atoms with Crippen molar-refractivity contribution in [3.05, 3.63) is 22.4 Å². The molecule has 2 heterocycles. The number of hydrogen-bond donors (Lipinski definition) is 0. The Kier molecular flexibility index (Phi) is 3.06. The molecule has 1 fully saturated rings. The van der Waals surface area contributed by atoms with Gasteiger partial charge in [-0.3, -0.25) is 4.90 Å². The molecule has 3 heteroatoms. The highest BCUT2D eigenvalue weighted by molar-refractivity contribution is 9.09.